The summed E-state index contributed by atoms with van der Waals surface area (Å²) in [5, 5.41) is 3.03. The van der Waals surface area contributed by atoms with Gasteiger partial charge in [-0.05, 0) is 36.8 Å². The number of methoxy groups -OCH3 is 2. The topological polar surface area (TPSA) is 83.1 Å². The van der Waals surface area contributed by atoms with Crippen LogP contribution < -0.4 is 19.5 Å². The fourth-order valence-electron chi connectivity index (χ4n) is 2.59. The largest absolute Gasteiger partial charge is 0.496 e. The first kappa shape index (κ1) is 23.1. The minimum atomic E-state index is -0.660. The number of esters is 1. The SMILES string of the molecule is CCOc1cc(C=CC(=O)OCC(=O)NCc2ccccc2OC)cc(Cl)c1OC. The molecule has 2 rings (SSSR count). The number of amides is 1. The van der Waals surface area contributed by atoms with Crippen LogP contribution in [0, 0.1) is 0 Å². The maximum absolute atomic E-state index is 11.9. The number of carbonyl (C=O) groups excluding carboxylic acids is 2. The number of halogens is 1. The van der Waals surface area contributed by atoms with E-state index in [9.17, 15) is 9.59 Å². The molecular weight excluding hydrogens is 410 g/mol. The predicted molar refractivity (Wildman–Crippen MR) is 114 cm³/mol. The molecule has 0 spiro atoms. The van der Waals surface area contributed by atoms with Crippen molar-refractivity contribution in [1.82, 2.24) is 5.32 Å². The predicted octanol–water partition coefficient (Wildman–Crippen LogP) is 3.63. The van der Waals surface area contributed by atoms with E-state index in [0.29, 0.717) is 34.4 Å². The van der Waals surface area contributed by atoms with E-state index in [0.717, 1.165) is 5.56 Å². The van der Waals surface area contributed by atoms with E-state index in [1.54, 1.807) is 25.3 Å². The van der Waals surface area contributed by atoms with Crippen LogP contribution in [0.5, 0.6) is 17.2 Å². The summed E-state index contributed by atoms with van der Waals surface area (Å²) >= 11 is 6.18. The van der Waals surface area contributed by atoms with Crippen LogP contribution >= 0.6 is 11.6 Å². The number of carbonyl (C=O) groups is 2. The van der Waals surface area contributed by atoms with Crippen molar-refractivity contribution in [1.29, 1.82) is 0 Å². The minimum absolute atomic E-state index is 0.265. The molecule has 0 atom stereocenters. The summed E-state index contributed by atoms with van der Waals surface area (Å²) in [5.74, 6) is 0.477. The molecule has 0 radical (unpaired) electrons. The number of rotatable bonds is 10. The minimum Gasteiger partial charge on any atom is -0.496 e. The van der Waals surface area contributed by atoms with Crippen molar-refractivity contribution in [3.05, 3.63) is 58.6 Å². The maximum atomic E-state index is 11.9. The second-order valence-electron chi connectivity index (χ2n) is 6.00. The smallest absolute Gasteiger partial charge is 0.331 e. The molecule has 1 amide bonds. The van der Waals surface area contributed by atoms with Crippen molar-refractivity contribution in [2.24, 2.45) is 0 Å². The third-order valence-electron chi connectivity index (χ3n) is 3.96. The number of hydrogen-bond acceptors (Lipinski definition) is 6. The highest BCUT2D eigenvalue weighted by atomic mass is 35.5. The van der Waals surface area contributed by atoms with Crippen molar-refractivity contribution in [2.75, 3.05) is 27.4 Å². The molecular formula is C22H24ClNO6. The quantitative estimate of drug-likeness (QED) is 0.455. The number of nitrogens with one attached hydrogen (secondary N) is 1. The molecule has 1 N–H and O–H groups in total. The summed E-state index contributed by atoms with van der Waals surface area (Å²) in [7, 11) is 3.05. The Morgan fingerprint density at radius 2 is 1.87 bits per heavy atom. The lowest BCUT2D eigenvalue weighted by molar-refractivity contribution is -0.143. The molecule has 0 saturated carbocycles. The van der Waals surface area contributed by atoms with Gasteiger partial charge < -0.3 is 24.3 Å². The second-order valence-corrected chi connectivity index (χ2v) is 6.40. The van der Waals surface area contributed by atoms with Crippen LogP contribution in [-0.4, -0.2) is 39.3 Å². The van der Waals surface area contributed by atoms with E-state index < -0.39 is 18.5 Å². The molecule has 0 bridgehead atoms. The monoisotopic (exact) mass is 433 g/mol. The first-order chi connectivity index (χ1) is 14.5. The lowest BCUT2D eigenvalue weighted by Crippen LogP contribution is -2.28. The average molecular weight is 434 g/mol. The van der Waals surface area contributed by atoms with Gasteiger partial charge in [0.1, 0.15) is 5.75 Å². The number of ether oxygens (including phenoxy) is 4. The first-order valence-electron chi connectivity index (χ1n) is 9.22. The molecule has 30 heavy (non-hydrogen) atoms. The molecule has 0 aliphatic heterocycles. The lowest BCUT2D eigenvalue weighted by Gasteiger charge is -2.11. The molecule has 0 aliphatic carbocycles. The lowest BCUT2D eigenvalue weighted by atomic mass is 10.2. The van der Waals surface area contributed by atoms with Gasteiger partial charge in [-0.3, -0.25) is 4.79 Å². The van der Waals surface area contributed by atoms with E-state index in [1.807, 2.05) is 25.1 Å². The summed E-state index contributed by atoms with van der Waals surface area (Å²) in [4.78, 5) is 23.8. The third-order valence-corrected chi connectivity index (χ3v) is 4.24. The Morgan fingerprint density at radius 3 is 2.57 bits per heavy atom. The highest BCUT2D eigenvalue weighted by Gasteiger charge is 2.11. The highest BCUT2D eigenvalue weighted by molar-refractivity contribution is 6.32. The summed E-state index contributed by atoms with van der Waals surface area (Å²) in [5.41, 5.74) is 1.45. The standard InChI is InChI=1S/C22H24ClNO6/c1-4-29-19-12-15(11-17(23)22(19)28-3)9-10-21(26)30-14-20(25)24-13-16-7-5-6-8-18(16)27-2/h5-12H,4,13-14H2,1-3H3,(H,24,25). The number of benzene rings is 2. The molecule has 7 nitrogen and oxygen atoms in total. The van der Waals surface area contributed by atoms with Crippen LogP contribution in [0.3, 0.4) is 0 Å². The zero-order valence-corrected chi connectivity index (χ0v) is 17.8. The number of hydrogen-bond donors (Lipinski definition) is 1. The van der Waals surface area contributed by atoms with Gasteiger partial charge >= 0.3 is 5.97 Å². The van der Waals surface area contributed by atoms with Gasteiger partial charge in [0, 0.05) is 18.2 Å². The fraction of sp³-hybridized carbons (Fsp3) is 0.273. The number of para-hydroxylation sites is 1. The van der Waals surface area contributed by atoms with Crippen LogP contribution in [0.15, 0.2) is 42.5 Å². The van der Waals surface area contributed by atoms with Crippen LogP contribution in [0.1, 0.15) is 18.1 Å². The highest BCUT2D eigenvalue weighted by Crippen LogP contribution is 2.36. The Kier molecular flexibility index (Phi) is 9.03. The summed E-state index contributed by atoms with van der Waals surface area (Å²) in [6, 6.07) is 10.6. The Bertz CT molecular complexity index is 912. The van der Waals surface area contributed by atoms with Gasteiger partial charge in [-0.2, -0.15) is 0 Å². The van der Waals surface area contributed by atoms with E-state index in [1.165, 1.54) is 19.3 Å². The summed E-state index contributed by atoms with van der Waals surface area (Å²) in [6.07, 6.45) is 2.73. The molecule has 0 saturated heterocycles. The second kappa shape index (κ2) is 11.7. The first-order valence-corrected chi connectivity index (χ1v) is 9.60. The van der Waals surface area contributed by atoms with E-state index in [-0.39, 0.29) is 6.54 Å². The maximum Gasteiger partial charge on any atom is 0.331 e. The van der Waals surface area contributed by atoms with Crippen LogP contribution in [0.4, 0.5) is 0 Å². The van der Waals surface area contributed by atoms with Gasteiger partial charge in [-0.1, -0.05) is 29.8 Å². The molecule has 0 unspecified atom stereocenters. The van der Waals surface area contributed by atoms with Gasteiger partial charge in [-0.15, -0.1) is 0 Å². The Balaban J connectivity index is 1.88. The van der Waals surface area contributed by atoms with Crippen LogP contribution in [0.25, 0.3) is 6.08 Å². The zero-order chi connectivity index (χ0) is 21.9. The van der Waals surface area contributed by atoms with Crippen molar-refractivity contribution >= 4 is 29.6 Å². The Morgan fingerprint density at radius 1 is 1.10 bits per heavy atom. The normalized spacial score (nSPS) is 10.5. The van der Waals surface area contributed by atoms with E-state index in [2.05, 4.69) is 5.32 Å². The van der Waals surface area contributed by atoms with Crippen LogP contribution in [-0.2, 0) is 20.9 Å². The van der Waals surface area contributed by atoms with Gasteiger partial charge in [0.25, 0.3) is 5.91 Å². The molecule has 2 aromatic carbocycles. The molecule has 160 valence electrons. The van der Waals surface area contributed by atoms with Gasteiger partial charge in [0.05, 0.1) is 25.8 Å². The average Bonchev–Trinajstić information content (AvgIpc) is 2.75. The van der Waals surface area contributed by atoms with E-state index in [4.69, 9.17) is 30.5 Å². The fourth-order valence-corrected chi connectivity index (χ4v) is 2.88. The third kappa shape index (κ3) is 6.70. The molecule has 0 aliphatic rings. The molecule has 8 heteroatoms. The van der Waals surface area contributed by atoms with Crippen LogP contribution in [0.2, 0.25) is 5.02 Å². The van der Waals surface area contributed by atoms with Gasteiger partial charge in [-0.25, -0.2) is 4.79 Å². The Labute approximate surface area is 180 Å². The summed E-state index contributed by atoms with van der Waals surface area (Å²) < 4.78 is 20.9. The Hall–Kier alpha value is -3.19. The molecule has 0 fully saturated rings. The molecule has 0 heterocycles. The zero-order valence-electron chi connectivity index (χ0n) is 17.1. The van der Waals surface area contributed by atoms with Gasteiger partial charge in [0.2, 0.25) is 0 Å². The van der Waals surface area contributed by atoms with Crippen molar-refractivity contribution in [3.63, 3.8) is 0 Å². The van der Waals surface area contributed by atoms with Gasteiger partial charge in [0.15, 0.2) is 18.1 Å². The summed E-state index contributed by atoms with van der Waals surface area (Å²) in [6.45, 7) is 2.14. The molecule has 2 aromatic rings. The molecule has 0 aromatic heterocycles. The van der Waals surface area contributed by atoms with Crippen molar-refractivity contribution in [2.45, 2.75) is 13.5 Å². The van der Waals surface area contributed by atoms with Crippen molar-refractivity contribution in [3.8, 4) is 17.2 Å². The van der Waals surface area contributed by atoms with E-state index >= 15 is 0 Å². The van der Waals surface area contributed by atoms with Crippen molar-refractivity contribution < 1.29 is 28.5 Å².